The van der Waals surface area contributed by atoms with E-state index >= 15 is 0 Å². The first-order valence-electron chi connectivity index (χ1n) is 6.02. The molecule has 0 bridgehead atoms. The Morgan fingerprint density at radius 1 is 1.33 bits per heavy atom. The number of anilines is 1. The summed E-state index contributed by atoms with van der Waals surface area (Å²) in [5, 5.41) is 10.2. The van der Waals surface area contributed by atoms with Gasteiger partial charge in [-0.3, -0.25) is 4.79 Å². The normalized spacial score (nSPS) is 14.3. The third-order valence-corrected chi connectivity index (χ3v) is 2.98. The Morgan fingerprint density at radius 2 is 1.95 bits per heavy atom. The van der Waals surface area contributed by atoms with Crippen LogP contribution in [0.5, 0.6) is 0 Å². The number of amides is 1. The zero-order chi connectivity index (χ0) is 16.3. The molecule has 1 amide bonds. The summed E-state index contributed by atoms with van der Waals surface area (Å²) in [5.41, 5.74) is 3.38. The molecule has 0 saturated heterocycles. The second kappa shape index (κ2) is 6.02. The third-order valence-electron chi connectivity index (χ3n) is 2.98. The summed E-state index contributed by atoms with van der Waals surface area (Å²) >= 11 is 0. The lowest BCUT2D eigenvalue weighted by Crippen LogP contribution is -2.61. The molecule has 0 radical (unpaired) electrons. The maximum Gasteiger partial charge on any atom is 0.422 e. The molecule has 1 rings (SSSR count). The van der Waals surface area contributed by atoms with Crippen molar-refractivity contribution in [2.75, 3.05) is 5.73 Å². The molecular formula is C13H15F3N2O3. The van der Waals surface area contributed by atoms with Crippen molar-refractivity contribution in [1.29, 1.82) is 0 Å². The molecule has 0 aliphatic rings. The number of nitrogens with one attached hydrogen (secondary N) is 1. The van der Waals surface area contributed by atoms with Gasteiger partial charge >= 0.3 is 12.1 Å². The topological polar surface area (TPSA) is 92.4 Å². The number of nitrogen functional groups attached to an aromatic ring is 1. The van der Waals surface area contributed by atoms with Crippen molar-refractivity contribution in [3.05, 3.63) is 29.8 Å². The van der Waals surface area contributed by atoms with Gasteiger partial charge in [-0.1, -0.05) is 12.1 Å². The van der Waals surface area contributed by atoms with E-state index in [0.29, 0.717) is 18.2 Å². The Kier molecular flexibility index (Phi) is 4.82. The number of hydrogen-bond acceptors (Lipinski definition) is 3. The Morgan fingerprint density at radius 3 is 2.43 bits per heavy atom. The van der Waals surface area contributed by atoms with Crippen LogP contribution in [0.25, 0.3) is 0 Å². The molecule has 0 heterocycles. The summed E-state index contributed by atoms with van der Waals surface area (Å²) in [6.07, 6.45) is -5.21. The van der Waals surface area contributed by atoms with Crippen LogP contribution in [0.3, 0.4) is 0 Å². The molecule has 0 aliphatic heterocycles. The van der Waals surface area contributed by atoms with Crippen molar-refractivity contribution < 1.29 is 27.9 Å². The SMILES string of the molecule is CC(NC(=O)CCc1cccc(N)c1)(C(=O)O)C(F)(F)F. The smallest absolute Gasteiger partial charge is 0.422 e. The molecule has 0 aliphatic carbocycles. The first-order valence-corrected chi connectivity index (χ1v) is 6.02. The van der Waals surface area contributed by atoms with E-state index in [4.69, 9.17) is 10.8 Å². The van der Waals surface area contributed by atoms with Crippen molar-refractivity contribution in [3.63, 3.8) is 0 Å². The molecule has 0 spiro atoms. The van der Waals surface area contributed by atoms with E-state index in [2.05, 4.69) is 0 Å². The van der Waals surface area contributed by atoms with Crippen molar-refractivity contribution in [1.82, 2.24) is 5.32 Å². The van der Waals surface area contributed by atoms with E-state index in [0.717, 1.165) is 0 Å². The molecule has 1 aromatic carbocycles. The molecule has 4 N–H and O–H groups in total. The monoisotopic (exact) mass is 304 g/mol. The first-order chi connectivity index (χ1) is 9.56. The minimum Gasteiger partial charge on any atom is -0.479 e. The van der Waals surface area contributed by atoms with Crippen molar-refractivity contribution in [3.8, 4) is 0 Å². The van der Waals surface area contributed by atoms with Crippen LogP contribution in [-0.4, -0.2) is 28.7 Å². The lowest BCUT2D eigenvalue weighted by atomic mass is 10.0. The Hall–Kier alpha value is -2.25. The fraction of sp³-hybridized carbons (Fsp3) is 0.385. The van der Waals surface area contributed by atoms with Gasteiger partial charge in [0.25, 0.3) is 0 Å². The number of aryl methyl sites for hydroxylation is 1. The number of carboxylic acid groups (broad SMARTS) is 1. The molecular weight excluding hydrogens is 289 g/mol. The van der Waals surface area contributed by atoms with E-state index in [-0.39, 0.29) is 12.8 Å². The number of rotatable bonds is 5. The van der Waals surface area contributed by atoms with Crippen LogP contribution >= 0.6 is 0 Å². The van der Waals surface area contributed by atoms with Crippen molar-refractivity contribution >= 4 is 17.6 Å². The minimum absolute atomic E-state index is 0.157. The highest BCUT2D eigenvalue weighted by Gasteiger charge is 2.58. The number of carbonyl (C=O) groups is 2. The van der Waals surface area contributed by atoms with Gasteiger partial charge in [0.1, 0.15) is 0 Å². The van der Waals surface area contributed by atoms with Crippen LogP contribution in [0.2, 0.25) is 0 Å². The second-order valence-corrected chi connectivity index (χ2v) is 4.72. The van der Waals surface area contributed by atoms with Crippen LogP contribution in [-0.2, 0) is 16.0 Å². The number of aliphatic carboxylic acids is 1. The molecule has 1 aromatic rings. The van der Waals surface area contributed by atoms with Gasteiger partial charge in [0.05, 0.1) is 0 Å². The number of nitrogens with two attached hydrogens (primary N) is 1. The van der Waals surface area contributed by atoms with E-state index < -0.39 is 23.6 Å². The minimum atomic E-state index is -5.09. The highest BCUT2D eigenvalue weighted by atomic mass is 19.4. The van der Waals surface area contributed by atoms with E-state index in [9.17, 15) is 22.8 Å². The summed E-state index contributed by atoms with van der Waals surface area (Å²) in [5.74, 6) is -3.16. The fourth-order valence-corrected chi connectivity index (χ4v) is 1.59. The molecule has 116 valence electrons. The number of carboxylic acids is 1. The van der Waals surface area contributed by atoms with E-state index in [1.54, 1.807) is 24.3 Å². The van der Waals surface area contributed by atoms with Crippen molar-refractivity contribution in [2.45, 2.75) is 31.5 Å². The number of benzene rings is 1. The Bertz CT molecular complexity index is 546. The second-order valence-electron chi connectivity index (χ2n) is 4.72. The van der Waals surface area contributed by atoms with Crippen LogP contribution in [0, 0.1) is 0 Å². The first kappa shape index (κ1) is 16.8. The highest BCUT2D eigenvalue weighted by molar-refractivity contribution is 5.87. The van der Waals surface area contributed by atoms with Crippen LogP contribution in [0.1, 0.15) is 18.9 Å². The van der Waals surface area contributed by atoms with Gasteiger partial charge in [-0.15, -0.1) is 0 Å². The largest absolute Gasteiger partial charge is 0.479 e. The molecule has 21 heavy (non-hydrogen) atoms. The van der Waals surface area contributed by atoms with Gasteiger partial charge in [0, 0.05) is 12.1 Å². The van der Waals surface area contributed by atoms with Crippen LogP contribution in [0.4, 0.5) is 18.9 Å². The van der Waals surface area contributed by atoms with Crippen LogP contribution in [0.15, 0.2) is 24.3 Å². The summed E-state index contributed by atoms with van der Waals surface area (Å²) < 4.78 is 38.2. The van der Waals surface area contributed by atoms with Gasteiger partial charge < -0.3 is 16.2 Å². The van der Waals surface area contributed by atoms with Gasteiger partial charge in [-0.25, -0.2) is 4.79 Å². The molecule has 1 unspecified atom stereocenters. The average molecular weight is 304 g/mol. The fourth-order valence-electron chi connectivity index (χ4n) is 1.59. The van der Waals surface area contributed by atoms with E-state index in [1.807, 2.05) is 0 Å². The maximum absolute atomic E-state index is 12.7. The zero-order valence-electron chi connectivity index (χ0n) is 11.2. The Balaban J connectivity index is 2.70. The lowest BCUT2D eigenvalue weighted by Gasteiger charge is -2.28. The summed E-state index contributed by atoms with van der Waals surface area (Å²) in [7, 11) is 0. The molecule has 8 heteroatoms. The number of hydrogen-bond donors (Lipinski definition) is 3. The lowest BCUT2D eigenvalue weighted by molar-refractivity contribution is -0.206. The zero-order valence-corrected chi connectivity index (χ0v) is 11.2. The van der Waals surface area contributed by atoms with Crippen LogP contribution < -0.4 is 11.1 Å². The Labute approximate surface area is 118 Å². The number of alkyl halides is 3. The highest BCUT2D eigenvalue weighted by Crippen LogP contribution is 2.30. The standard InChI is InChI=1S/C13H15F3N2O3/c1-12(11(20)21,13(14,15)16)18-10(19)6-5-8-3-2-4-9(17)7-8/h2-4,7H,5-6,17H2,1H3,(H,18,19)(H,20,21). The summed E-state index contributed by atoms with van der Waals surface area (Å²) in [6, 6.07) is 6.55. The molecule has 0 saturated carbocycles. The van der Waals surface area contributed by atoms with E-state index in [1.165, 1.54) is 5.32 Å². The van der Waals surface area contributed by atoms with Gasteiger partial charge in [-0.05, 0) is 31.0 Å². The molecule has 0 fully saturated rings. The van der Waals surface area contributed by atoms with Gasteiger partial charge in [-0.2, -0.15) is 13.2 Å². The van der Waals surface area contributed by atoms with Crippen molar-refractivity contribution in [2.24, 2.45) is 0 Å². The predicted molar refractivity (Wildman–Crippen MR) is 69.4 cm³/mol. The number of halogens is 3. The average Bonchev–Trinajstić information content (AvgIpc) is 2.34. The quantitative estimate of drug-likeness (QED) is 0.722. The third kappa shape index (κ3) is 4.11. The molecule has 0 aromatic heterocycles. The maximum atomic E-state index is 12.7. The predicted octanol–water partition coefficient (Wildman–Crippen LogP) is 1.72. The summed E-state index contributed by atoms with van der Waals surface area (Å²) in [6.45, 7) is 0.410. The number of carbonyl (C=O) groups excluding carboxylic acids is 1. The molecule has 5 nitrogen and oxygen atoms in total. The summed E-state index contributed by atoms with van der Waals surface area (Å²) in [4.78, 5) is 22.3. The molecule has 1 atom stereocenters. The van der Waals surface area contributed by atoms with Gasteiger partial charge in [0.15, 0.2) is 0 Å². The van der Waals surface area contributed by atoms with Gasteiger partial charge in [0.2, 0.25) is 11.4 Å².